The predicted octanol–water partition coefficient (Wildman–Crippen LogP) is 4.28. The molecule has 9 nitrogen and oxygen atoms in total. The van der Waals surface area contributed by atoms with Gasteiger partial charge in [-0.05, 0) is 55.5 Å². The molecule has 2 heterocycles. The van der Waals surface area contributed by atoms with E-state index in [1.807, 2.05) is 25.3 Å². The number of aromatic nitrogens is 3. The van der Waals surface area contributed by atoms with Crippen molar-refractivity contribution in [3.8, 4) is 11.3 Å². The summed E-state index contributed by atoms with van der Waals surface area (Å²) in [4.78, 5) is 16.5. The molecule has 4 N–H and O–H groups in total. The van der Waals surface area contributed by atoms with Gasteiger partial charge in [0, 0.05) is 42.8 Å². The Morgan fingerprint density at radius 3 is 2.58 bits per heavy atom. The number of anilines is 1. The van der Waals surface area contributed by atoms with Crippen LogP contribution in [0.15, 0.2) is 75.9 Å². The van der Waals surface area contributed by atoms with Gasteiger partial charge in [-0.3, -0.25) is 9.98 Å². The van der Waals surface area contributed by atoms with Gasteiger partial charge >= 0.3 is 0 Å². The van der Waals surface area contributed by atoms with Crippen LogP contribution < -0.4 is 10.5 Å². The van der Waals surface area contributed by atoms with Gasteiger partial charge in [-0.15, -0.1) is 0 Å². The molecule has 0 saturated heterocycles. The van der Waals surface area contributed by atoms with Crippen molar-refractivity contribution < 1.29 is 17.9 Å². The molecule has 38 heavy (non-hydrogen) atoms. The van der Waals surface area contributed by atoms with Gasteiger partial charge in [-0.2, -0.15) is 0 Å². The van der Waals surface area contributed by atoms with Crippen molar-refractivity contribution in [1.29, 1.82) is 0 Å². The van der Waals surface area contributed by atoms with E-state index in [1.165, 1.54) is 17.8 Å². The molecule has 0 aliphatic rings. The van der Waals surface area contributed by atoms with Crippen molar-refractivity contribution in [2.75, 3.05) is 18.6 Å². The average molecular weight is 559 g/mol. The number of aryl methyl sites for hydroxylation is 1. The Morgan fingerprint density at radius 1 is 1.26 bits per heavy atom. The number of aliphatic imine (C=N–C) groups is 1. The minimum absolute atomic E-state index is 0.0483. The van der Waals surface area contributed by atoms with Gasteiger partial charge in [0.05, 0.1) is 17.2 Å². The fraction of sp³-hybridized carbons (Fsp3) is 0.231. The van der Waals surface area contributed by atoms with E-state index >= 15 is 0 Å². The minimum Gasteiger partial charge on any atom is -0.391 e. The topological polar surface area (TPSA) is 143 Å². The average Bonchev–Trinajstić information content (AvgIpc) is 2.88. The van der Waals surface area contributed by atoms with E-state index in [4.69, 9.17) is 5.14 Å². The second kappa shape index (κ2) is 14.5. The van der Waals surface area contributed by atoms with Gasteiger partial charge in [0.25, 0.3) is 0 Å². The first-order valence-corrected chi connectivity index (χ1v) is 14.1. The van der Waals surface area contributed by atoms with E-state index < -0.39 is 15.8 Å². The molecule has 0 amide bonds. The number of aliphatic hydroxyl groups is 1. The van der Waals surface area contributed by atoms with Crippen LogP contribution in [0.4, 0.5) is 10.2 Å². The second-order valence-electron chi connectivity index (χ2n) is 7.83. The summed E-state index contributed by atoms with van der Waals surface area (Å²) in [6.07, 6.45) is 8.99. The molecule has 12 heteroatoms. The van der Waals surface area contributed by atoms with Crippen LogP contribution in [0.25, 0.3) is 11.3 Å². The number of sulfonamides is 1. The summed E-state index contributed by atoms with van der Waals surface area (Å²) in [6, 6.07) is 6.71. The number of rotatable bonds is 9. The Kier molecular flexibility index (Phi) is 11.7. The largest absolute Gasteiger partial charge is 0.391 e. The lowest BCUT2D eigenvalue weighted by Gasteiger charge is -2.13. The summed E-state index contributed by atoms with van der Waals surface area (Å²) in [5, 5.41) is 18.3. The molecule has 0 atom stereocenters. The highest BCUT2D eigenvalue weighted by Crippen LogP contribution is 2.25. The maximum Gasteiger partial charge on any atom is 0.238 e. The molecule has 3 rings (SSSR count). The number of pyridine rings is 1. The maximum atomic E-state index is 14.3. The maximum absolute atomic E-state index is 14.3. The SMILES string of the molecule is C=C(C=NC)/C=C\C.CSc1ncc(CO)c(NCc2ccc(-c3cc(S(N)(=O)=O)ccc3F)nc2C)n1. The van der Waals surface area contributed by atoms with Gasteiger partial charge in [0.1, 0.15) is 11.6 Å². The number of allylic oxidation sites excluding steroid dienone is 3. The van der Waals surface area contributed by atoms with Crippen LogP contribution in [0.5, 0.6) is 0 Å². The van der Waals surface area contributed by atoms with Crippen LogP contribution >= 0.6 is 11.8 Å². The minimum atomic E-state index is -3.96. The molecule has 0 spiro atoms. The van der Waals surface area contributed by atoms with Crippen LogP contribution in [-0.4, -0.2) is 48.0 Å². The fourth-order valence-electron chi connectivity index (χ4n) is 3.16. The van der Waals surface area contributed by atoms with Crippen LogP contribution in [0.1, 0.15) is 23.7 Å². The van der Waals surface area contributed by atoms with Gasteiger partial charge in [0.15, 0.2) is 5.16 Å². The Morgan fingerprint density at radius 2 is 2.00 bits per heavy atom. The molecule has 0 radical (unpaired) electrons. The molecule has 0 aliphatic carbocycles. The summed E-state index contributed by atoms with van der Waals surface area (Å²) in [5.41, 5.74) is 3.31. The van der Waals surface area contributed by atoms with Gasteiger partial charge in [-0.1, -0.05) is 36.6 Å². The number of halogens is 1. The highest BCUT2D eigenvalue weighted by atomic mass is 32.2. The summed E-state index contributed by atoms with van der Waals surface area (Å²) in [5.74, 6) is -0.0782. The lowest BCUT2D eigenvalue weighted by Crippen LogP contribution is -2.12. The monoisotopic (exact) mass is 558 g/mol. The van der Waals surface area contributed by atoms with Crippen LogP contribution in [0.3, 0.4) is 0 Å². The summed E-state index contributed by atoms with van der Waals surface area (Å²) >= 11 is 1.39. The molecule has 202 valence electrons. The third-order valence-corrected chi connectivity index (χ3v) is 6.53. The van der Waals surface area contributed by atoms with Crippen molar-refractivity contribution in [2.24, 2.45) is 10.1 Å². The number of thioether (sulfide) groups is 1. The van der Waals surface area contributed by atoms with Crippen LogP contribution in [0.2, 0.25) is 0 Å². The zero-order valence-corrected chi connectivity index (χ0v) is 23.3. The van der Waals surface area contributed by atoms with Crippen molar-refractivity contribution in [2.45, 2.75) is 37.1 Å². The molecule has 0 fully saturated rings. The van der Waals surface area contributed by atoms with Crippen molar-refractivity contribution in [3.63, 3.8) is 0 Å². The molecular weight excluding hydrogens is 527 g/mol. The molecule has 0 saturated carbocycles. The highest BCUT2D eigenvalue weighted by molar-refractivity contribution is 7.98. The van der Waals surface area contributed by atoms with Crippen molar-refractivity contribution in [1.82, 2.24) is 15.0 Å². The quantitative estimate of drug-likeness (QED) is 0.153. The number of primary sulfonamides is 1. The van der Waals surface area contributed by atoms with E-state index in [2.05, 4.69) is 31.8 Å². The first-order valence-electron chi connectivity index (χ1n) is 11.3. The van der Waals surface area contributed by atoms with Crippen molar-refractivity contribution >= 4 is 33.8 Å². The first-order chi connectivity index (χ1) is 18.0. The Balaban J connectivity index is 0.000000550. The standard InChI is InChI=1S/C19H20FN5O3S2.C7H11N/c1-11-12(8-22-18-13(10-26)9-23-19(25-18)29-2)3-6-17(24-11)15-7-14(30(21,27)28)4-5-16(15)20;1-4-5-7(2)6-8-3/h3-7,9,26H,8,10H2,1-2H3,(H2,21,27,28)(H,22,23,25);4-6H,2H2,1,3H3/b;5-4-,8-6?. The van der Waals surface area contributed by atoms with E-state index in [1.54, 1.807) is 38.5 Å². The van der Waals surface area contributed by atoms with E-state index in [-0.39, 0.29) is 17.1 Å². The van der Waals surface area contributed by atoms with Gasteiger partial charge in [0.2, 0.25) is 10.0 Å². The first kappa shape index (κ1) is 30.8. The normalized spacial score (nSPS) is 11.4. The Labute approximate surface area is 226 Å². The highest BCUT2D eigenvalue weighted by Gasteiger charge is 2.15. The van der Waals surface area contributed by atoms with Gasteiger partial charge < -0.3 is 10.4 Å². The van der Waals surface area contributed by atoms with E-state index in [0.29, 0.717) is 34.5 Å². The summed E-state index contributed by atoms with van der Waals surface area (Å²) < 4.78 is 37.4. The van der Waals surface area contributed by atoms with E-state index in [0.717, 1.165) is 23.3 Å². The molecule has 2 aromatic heterocycles. The zero-order valence-electron chi connectivity index (χ0n) is 21.6. The zero-order chi connectivity index (χ0) is 28.3. The Bertz CT molecular complexity index is 1430. The summed E-state index contributed by atoms with van der Waals surface area (Å²) in [7, 11) is -2.23. The number of hydrogen-bond donors (Lipinski definition) is 3. The lowest BCUT2D eigenvalue weighted by molar-refractivity contribution is 0.281. The third kappa shape index (κ3) is 8.84. The van der Waals surface area contributed by atoms with E-state index in [9.17, 15) is 17.9 Å². The molecule has 0 bridgehead atoms. The Hall–Kier alpha value is -3.45. The fourth-order valence-corrected chi connectivity index (χ4v) is 4.04. The molecular formula is C26H31FN6O3S2. The van der Waals surface area contributed by atoms with Crippen LogP contribution in [0, 0.1) is 12.7 Å². The third-order valence-electron chi connectivity index (χ3n) is 5.05. The smallest absolute Gasteiger partial charge is 0.238 e. The molecule has 1 aromatic carbocycles. The van der Waals surface area contributed by atoms with Crippen molar-refractivity contribution in [3.05, 3.63) is 83.5 Å². The number of nitrogens with zero attached hydrogens (tertiary/aromatic N) is 4. The molecule has 0 aliphatic heterocycles. The van der Waals surface area contributed by atoms with Crippen LogP contribution in [-0.2, 0) is 23.2 Å². The number of aliphatic hydroxyl groups excluding tert-OH is 1. The molecule has 3 aromatic rings. The van der Waals surface area contributed by atoms with Gasteiger partial charge in [-0.25, -0.2) is 27.9 Å². The number of nitrogens with one attached hydrogen (secondary N) is 1. The summed E-state index contributed by atoms with van der Waals surface area (Å²) in [6.45, 7) is 7.59. The second-order valence-corrected chi connectivity index (χ2v) is 10.2. The molecule has 0 unspecified atom stereocenters. The predicted molar refractivity (Wildman–Crippen MR) is 151 cm³/mol. The lowest BCUT2D eigenvalue weighted by atomic mass is 10.1. The number of hydrogen-bond acceptors (Lipinski definition) is 9. The number of nitrogens with two attached hydrogens (primary N) is 1. The number of benzene rings is 1.